The van der Waals surface area contributed by atoms with Crippen molar-refractivity contribution in [2.24, 2.45) is 0 Å². The van der Waals surface area contributed by atoms with Gasteiger partial charge in [-0.1, -0.05) is 18.2 Å². The summed E-state index contributed by atoms with van der Waals surface area (Å²) in [6, 6.07) is 7.86. The molecule has 1 unspecified atom stereocenters. The summed E-state index contributed by atoms with van der Waals surface area (Å²) in [5.41, 5.74) is -0.0596. The standard InChI is InChI=1S/C15H17NO3S2/c17-13(11-9-21-12-4-2-1-3-10(11)12)16-15(14(18)19)5-7-20-8-6-15/h1-4,11H,5-9H2,(H,16,17)(H,18,19). The van der Waals surface area contributed by atoms with Crippen molar-refractivity contribution in [1.82, 2.24) is 5.32 Å². The second kappa shape index (κ2) is 5.93. The van der Waals surface area contributed by atoms with E-state index < -0.39 is 11.5 Å². The van der Waals surface area contributed by atoms with Crippen molar-refractivity contribution in [3.8, 4) is 0 Å². The van der Waals surface area contributed by atoms with E-state index in [1.165, 1.54) is 0 Å². The second-order valence-corrected chi connectivity index (χ2v) is 7.68. The number of fused-ring (bicyclic) bond motifs is 1. The Bertz CT molecular complexity index is 570. The first kappa shape index (κ1) is 14.8. The van der Waals surface area contributed by atoms with Crippen LogP contribution >= 0.6 is 23.5 Å². The lowest BCUT2D eigenvalue weighted by atomic mass is 9.90. The average molecular weight is 323 g/mol. The molecule has 1 fully saturated rings. The highest BCUT2D eigenvalue weighted by molar-refractivity contribution is 7.99. The van der Waals surface area contributed by atoms with Crippen LogP contribution in [0.25, 0.3) is 0 Å². The molecule has 0 aliphatic carbocycles. The Labute approximate surface area is 132 Å². The van der Waals surface area contributed by atoms with Crippen molar-refractivity contribution in [3.63, 3.8) is 0 Å². The molecule has 3 rings (SSSR count). The summed E-state index contributed by atoms with van der Waals surface area (Å²) in [5.74, 6) is 0.953. The summed E-state index contributed by atoms with van der Waals surface area (Å²) in [4.78, 5) is 25.4. The lowest BCUT2D eigenvalue weighted by Crippen LogP contribution is -2.57. The van der Waals surface area contributed by atoms with Crippen LogP contribution in [0, 0.1) is 0 Å². The van der Waals surface area contributed by atoms with Gasteiger partial charge in [0.1, 0.15) is 5.54 Å². The Hall–Kier alpha value is -1.14. The zero-order valence-electron chi connectivity index (χ0n) is 11.5. The molecule has 0 bridgehead atoms. The van der Waals surface area contributed by atoms with Crippen LogP contribution in [0.1, 0.15) is 24.3 Å². The molecular weight excluding hydrogens is 306 g/mol. The first-order chi connectivity index (χ1) is 10.1. The van der Waals surface area contributed by atoms with Crippen LogP contribution < -0.4 is 5.32 Å². The molecule has 0 spiro atoms. The van der Waals surface area contributed by atoms with Gasteiger partial charge in [0, 0.05) is 10.6 Å². The highest BCUT2D eigenvalue weighted by Crippen LogP contribution is 2.40. The van der Waals surface area contributed by atoms with Crippen LogP contribution in [0.15, 0.2) is 29.2 Å². The fourth-order valence-electron chi connectivity index (χ4n) is 2.81. The quantitative estimate of drug-likeness (QED) is 0.894. The number of aliphatic carboxylic acids is 1. The maximum Gasteiger partial charge on any atom is 0.329 e. The van der Waals surface area contributed by atoms with Gasteiger partial charge in [-0.15, -0.1) is 11.8 Å². The first-order valence-electron chi connectivity index (χ1n) is 6.97. The minimum absolute atomic E-state index is 0.151. The third-order valence-electron chi connectivity index (χ3n) is 4.13. The Kier molecular flexibility index (Phi) is 4.17. The highest BCUT2D eigenvalue weighted by atomic mass is 32.2. The molecule has 1 saturated heterocycles. The number of carbonyl (C=O) groups is 2. The van der Waals surface area contributed by atoms with E-state index in [1.807, 2.05) is 24.3 Å². The molecule has 0 radical (unpaired) electrons. The minimum Gasteiger partial charge on any atom is -0.480 e. The normalized spacial score (nSPS) is 23.3. The number of nitrogens with one attached hydrogen (secondary N) is 1. The molecule has 6 heteroatoms. The van der Waals surface area contributed by atoms with Crippen molar-refractivity contribution in [2.45, 2.75) is 29.2 Å². The molecule has 1 amide bonds. The number of benzene rings is 1. The molecule has 1 aromatic carbocycles. The van der Waals surface area contributed by atoms with E-state index in [0.29, 0.717) is 18.6 Å². The SMILES string of the molecule is O=C(NC1(C(=O)O)CCSCC1)C1CSc2ccccc21. The van der Waals surface area contributed by atoms with Crippen LogP contribution in [0.5, 0.6) is 0 Å². The van der Waals surface area contributed by atoms with Crippen LogP contribution in [-0.4, -0.2) is 39.8 Å². The van der Waals surface area contributed by atoms with E-state index in [0.717, 1.165) is 22.0 Å². The first-order valence-corrected chi connectivity index (χ1v) is 9.11. The predicted molar refractivity (Wildman–Crippen MR) is 85.0 cm³/mol. The lowest BCUT2D eigenvalue weighted by Gasteiger charge is -2.34. The zero-order chi connectivity index (χ0) is 14.9. The van der Waals surface area contributed by atoms with E-state index >= 15 is 0 Å². The van der Waals surface area contributed by atoms with Gasteiger partial charge in [0.05, 0.1) is 5.92 Å². The van der Waals surface area contributed by atoms with E-state index in [9.17, 15) is 14.7 Å². The van der Waals surface area contributed by atoms with E-state index in [4.69, 9.17) is 0 Å². The number of thioether (sulfide) groups is 2. The summed E-state index contributed by atoms with van der Waals surface area (Å²) in [5, 5.41) is 12.4. The third-order valence-corrected chi connectivity index (χ3v) is 6.30. The summed E-state index contributed by atoms with van der Waals surface area (Å²) < 4.78 is 0. The zero-order valence-corrected chi connectivity index (χ0v) is 13.1. The van der Waals surface area contributed by atoms with Gasteiger partial charge in [0.2, 0.25) is 5.91 Å². The molecule has 2 aliphatic rings. The number of carboxylic acid groups (broad SMARTS) is 1. The molecule has 4 nitrogen and oxygen atoms in total. The lowest BCUT2D eigenvalue weighted by molar-refractivity contribution is -0.148. The molecule has 1 atom stereocenters. The van der Waals surface area contributed by atoms with Crippen LogP contribution in [0.2, 0.25) is 0 Å². The monoisotopic (exact) mass is 323 g/mol. The number of hydrogen-bond acceptors (Lipinski definition) is 4. The fourth-order valence-corrected chi connectivity index (χ4v) is 5.23. The second-order valence-electron chi connectivity index (χ2n) is 5.39. The Morgan fingerprint density at radius 2 is 1.95 bits per heavy atom. The number of amides is 1. The summed E-state index contributed by atoms with van der Waals surface area (Å²) >= 11 is 3.41. The van der Waals surface area contributed by atoms with Crippen molar-refractivity contribution in [3.05, 3.63) is 29.8 Å². The van der Waals surface area contributed by atoms with Crippen LogP contribution in [-0.2, 0) is 9.59 Å². The largest absolute Gasteiger partial charge is 0.480 e. The maximum absolute atomic E-state index is 12.6. The predicted octanol–water partition coefficient (Wildman–Crippen LogP) is 2.34. The van der Waals surface area contributed by atoms with Gasteiger partial charge in [0.25, 0.3) is 0 Å². The van der Waals surface area contributed by atoms with E-state index in [1.54, 1.807) is 23.5 Å². The summed E-state index contributed by atoms with van der Waals surface area (Å²) in [6.45, 7) is 0. The van der Waals surface area contributed by atoms with Crippen molar-refractivity contribution in [2.75, 3.05) is 17.3 Å². The molecular formula is C15H17NO3S2. The molecule has 2 heterocycles. The summed E-state index contributed by atoms with van der Waals surface area (Å²) in [6.07, 6.45) is 1.00. The highest BCUT2D eigenvalue weighted by Gasteiger charge is 2.43. The number of rotatable bonds is 3. The van der Waals surface area contributed by atoms with Gasteiger partial charge in [-0.3, -0.25) is 4.79 Å². The number of carboxylic acids is 1. The van der Waals surface area contributed by atoms with Crippen LogP contribution in [0.4, 0.5) is 0 Å². The van der Waals surface area contributed by atoms with Crippen molar-refractivity contribution >= 4 is 35.4 Å². The fraction of sp³-hybridized carbons (Fsp3) is 0.467. The molecule has 1 aromatic rings. The van der Waals surface area contributed by atoms with Crippen molar-refractivity contribution in [1.29, 1.82) is 0 Å². The number of carbonyl (C=O) groups excluding carboxylic acids is 1. The van der Waals surface area contributed by atoms with Gasteiger partial charge < -0.3 is 10.4 Å². The van der Waals surface area contributed by atoms with Crippen molar-refractivity contribution < 1.29 is 14.7 Å². The molecule has 0 saturated carbocycles. The molecule has 21 heavy (non-hydrogen) atoms. The van der Waals surface area contributed by atoms with Gasteiger partial charge in [-0.05, 0) is 36.0 Å². The molecule has 2 aliphatic heterocycles. The van der Waals surface area contributed by atoms with Gasteiger partial charge in [0.15, 0.2) is 0 Å². The van der Waals surface area contributed by atoms with Gasteiger partial charge >= 0.3 is 5.97 Å². The summed E-state index contributed by atoms with van der Waals surface area (Å²) in [7, 11) is 0. The van der Waals surface area contributed by atoms with Gasteiger partial charge in [-0.25, -0.2) is 4.79 Å². The average Bonchev–Trinajstić information content (AvgIpc) is 2.92. The smallest absolute Gasteiger partial charge is 0.329 e. The minimum atomic E-state index is -1.08. The van der Waals surface area contributed by atoms with Crippen LogP contribution in [0.3, 0.4) is 0 Å². The number of hydrogen-bond donors (Lipinski definition) is 2. The van der Waals surface area contributed by atoms with E-state index in [-0.39, 0.29) is 11.8 Å². The van der Waals surface area contributed by atoms with E-state index in [2.05, 4.69) is 5.32 Å². The molecule has 2 N–H and O–H groups in total. The third kappa shape index (κ3) is 2.79. The Morgan fingerprint density at radius 1 is 1.24 bits per heavy atom. The topological polar surface area (TPSA) is 66.4 Å². The maximum atomic E-state index is 12.6. The van der Waals surface area contributed by atoms with Gasteiger partial charge in [-0.2, -0.15) is 11.8 Å². The molecule has 0 aromatic heterocycles. The Morgan fingerprint density at radius 3 is 2.67 bits per heavy atom. The molecule has 112 valence electrons. The Balaban J connectivity index is 1.78.